The van der Waals surface area contributed by atoms with Crippen LogP contribution in [0.2, 0.25) is 0 Å². The van der Waals surface area contributed by atoms with Crippen LogP contribution in [-0.2, 0) is 25.4 Å². The monoisotopic (exact) mass is 550 g/mol. The first kappa shape index (κ1) is 25.7. The number of rotatable bonds is 8. The molecule has 0 spiro atoms. The minimum absolute atomic E-state index is 0.161. The van der Waals surface area contributed by atoms with Gasteiger partial charge in [-0.2, -0.15) is 4.31 Å². The van der Waals surface area contributed by atoms with Gasteiger partial charge in [-0.1, -0.05) is 37.1 Å². The molecule has 3 atom stereocenters. The number of para-hydroxylation sites is 1. The fourth-order valence-electron chi connectivity index (χ4n) is 5.88. The second-order valence-electron chi connectivity index (χ2n) is 10.7. The Morgan fingerprint density at radius 2 is 1.95 bits per heavy atom. The number of aryl methyl sites for hydroxylation is 1. The third kappa shape index (κ3) is 4.85. The van der Waals surface area contributed by atoms with Crippen LogP contribution in [0.25, 0.3) is 11.0 Å². The number of carbonyl (C=O) groups excluding carboxylic acids is 3. The number of Topliss-reactive ketones (excluding diaryl/α,β-unsaturated/α-hetero) is 1. The minimum atomic E-state index is -3.80. The van der Waals surface area contributed by atoms with Gasteiger partial charge < -0.3 is 14.6 Å². The Balaban J connectivity index is 1.21. The van der Waals surface area contributed by atoms with Crippen molar-refractivity contribution in [2.45, 2.75) is 56.5 Å². The van der Waals surface area contributed by atoms with Crippen molar-refractivity contribution in [2.24, 2.45) is 5.92 Å². The van der Waals surface area contributed by atoms with E-state index in [0.29, 0.717) is 35.5 Å². The van der Waals surface area contributed by atoms with Gasteiger partial charge in [-0.05, 0) is 43.4 Å². The van der Waals surface area contributed by atoms with Crippen LogP contribution in [0.5, 0.6) is 0 Å². The third-order valence-electron chi connectivity index (χ3n) is 8.01. The molecule has 2 aliphatic heterocycles. The molecular weight excluding hydrogens is 520 g/mol. The molecule has 11 heteroatoms. The molecule has 3 aliphatic rings. The molecular formula is C28H30N4O6S. The van der Waals surface area contributed by atoms with Crippen LogP contribution in [0.1, 0.15) is 47.4 Å². The summed E-state index contributed by atoms with van der Waals surface area (Å²) in [5.74, 6) is -0.903. The van der Waals surface area contributed by atoms with Crippen LogP contribution in [0.4, 0.5) is 0 Å². The maximum atomic E-state index is 13.8. The fraction of sp³-hybridized carbons (Fsp3) is 0.429. The first-order valence-electron chi connectivity index (χ1n) is 13.2. The standard InChI is InChI=1S/C28H30N4O6S/c1-17-20-6-2-3-7-24(20)38-26(17)27(34)30-21(13-18-8-9-18)28(35)31-12-10-22-25(31)23(33)15-32(22)39(36,37)16-19-5-4-11-29-14-19/h2-7,11,14,18,21-22,25H,8-10,12-13,15-16H2,1H3,(H,30,34). The lowest BCUT2D eigenvalue weighted by Gasteiger charge is -2.28. The van der Waals surface area contributed by atoms with Crippen molar-refractivity contribution in [1.29, 1.82) is 0 Å². The molecule has 2 amide bonds. The number of benzene rings is 1. The van der Waals surface area contributed by atoms with Gasteiger partial charge >= 0.3 is 0 Å². The molecule has 3 aromatic rings. The van der Waals surface area contributed by atoms with Gasteiger partial charge in [0.2, 0.25) is 15.9 Å². The van der Waals surface area contributed by atoms with Gasteiger partial charge in [0, 0.05) is 29.9 Å². The number of nitrogens with one attached hydrogen (secondary N) is 1. The summed E-state index contributed by atoms with van der Waals surface area (Å²) in [6.45, 7) is 1.79. The molecule has 1 N–H and O–H groups in total. The molecule has 1 saturated carbocycles. The molecule has 2 saturated heterocycles. The number of fused-ring (bicyclic) bond motifs is 2. The van der Waals surface area contributed by atoms with Crippen molar-refractivity contribution < 1.29 is 27.2 Å². The molecule has 10 nitrogen and oxygen atoms in total. The lowest BCUT2D eigenvalue weighted by Crippen LogP contribution is -2.52. The van der Waals surface area contributed by atoms with Crippen LogP contribution in [-0.4, -0.2) is 71.4 Å². The lowest BCUT2D eigenvalue weighted by molar-refractivity contribution is -0.138. The van der Waals surface area contributed by atoms with Gasteiger partial charge in [0.05, 0.1) is 18.3 Å². The molecule has 0 bridgehead atoms. The first-order chi connectivity index (χ1) is 18.7. The maximum absolute atomic E-state index is 13.8. The third-order valence-corrected chi connectivity index (χ3v) is 9.82. The molecule has 3 fully saturated rings. The summed E-state index contributed by atoms with van der Waals surface area (Å²) in [4.78, 5) is 45.7. The summed E-state index contributed by atoms with van der Waals surface area (Å²) in [7, 11) is -3.80. The van der Waals surface area contributed by atoms with E-state index in [1.54, 1.807) is 31.3 Å². The predicted molar refractivity (Wildman–Crippen MR) is 142 cm³/mol. The lowest BCUT2D eigenvalue weighted by atomic mass is 10.1. The SMILES string of the molecule is Cc1c(C(=O)NC(CC2CC2)C(=O)N2CCC3C2C(=O)CN3S(=O)(=O)Cc2cccnc2)oc2ccccc12. The zero-order valence-corrected chi connectivity index (χ0v) is 22.4. The van der Waals surface area contributed by atoms with Gasteiger partial charge in [0.1, 0.15) is 17.7 Å². The molecule has 3 unspecified atom stereocenters. The summed E-state index contributed by atoms with van der Waals surface area (Å²) in [5.41, 5.74) is 1.83. The summed E-state index contributed by atoms with van der Waals surface area (Å²) < 4.78 is 33.5. The van der Waals surface area contributed by atoms with E-state index < -0.39 is 34.1 Å². The molecule has 1 aliphatic carbocycles. The predicted octanol–water partition coefficient (Wildman–Crippen LogP) is 2.42. The minimum Gasteiger partial charge on any atom is -0.451 e. The maximum Gasteiger partial charge on any atom is 0.287 e. The van der Waals surface area contributed by atoms with E-state index in [4.69, 9.17) is 4.42 Å². The van der Waals surface area contributed by atoms with E-state index in [1.165, 1.54) is 15.4 Å². The van der Waals surface area contributed by atoms with E-state index in [9.17, 15) is 22.8 Å². The Kier molecular flexibility index (Phi) is 6.50. The molecule has 4 heterocycles. The topological polar surface area (TPSA) is 130 Å². The Labute approximate surface area is 226 Å². The highest BCUT2D eigenvalue weighted by atomic mass is 32.2. The highest BCUT2D eigenvalue weighted by Gasteiger charge is 2.54. The average Bonchev–Trinajstić information content (AvgIpc) is 3.37. The quantitative estimate of drug-likeness (QED) is 0.456. The van der Waals surface area contributed by atoms with Gasteiger partial charge in [0.15, 0.2) is 11.5 Å². The van der Waals surface area contributed by atoms with Crippen LogP contribution in [0.3, 0.4) is 0 Å². The van der Waals surface area contributed by atoms with Crippen molar-refractivity contribution in [2.75, 3.05) is 13.1 Å². The van der Waals surface area contributed by atoms with Crippen molar-refractivity contribution >= 4 is 38.6 Å². The number of hydrogen-bond donors (Lipinski definition) is 1. The summed E-state index contributed by atoms with van der Waals surface area (Å²) in [5, 5.41) is 3.71. The van der Waals surface area contributed by atoms with E-state index in [-0.39, 0.29) is 36.3 Å². The average molecular weight is 551 g/mol. The largest absolute Gasteiger partial charge is 0.451 e. The van der Waals surface area contributed by atoms with Crippen molar-refractivity contribution in [1.82, 2.24) is 19.5 Å². The van der Waals surface area contributed by atoms with E-state index >= 15 is 0 Å². The molecule has 39 heavy (non-hydrogen) atoms. The fourth-order valence-corrected chi connectivity index (χ4v) is 7.60. The highest BCUT2D eigenvalue weighted by Crippen LogP contribution is 2.37. The molecule has 2 aromatic heterocycles. The van der Waals surface area contributed by atoms with Crippen molar-refractivity contribution in [3.8, 4) is 0 Å². The second kappa shape index (κ2) is 9.87. The number of furan rings is 1. The molecule has 0 radical (unpaired) electrons. The number of nitrogens with zero attached hydrogens (tertiary/aromatic N) is 3. The highest BCUT2D eigenvalue weighted by molar-refractivity contribution is 7.88. The number of aromatic nitrogens is 1. The second-order valence-corrected chi connectivity index (χ2v) is 12.6. The summed E-state index contributed by atoms with van der Waals surface area (Å²) in [6, 6.07) is 8.41. The van der Waals surface area contributed by atoms with Crippen LogP contribution in [0, 0.1) is 12.8 Å². The summed E-state index contributed by atoms with van der Waals surface area (Å²) >= 11 is 0. The van der Waals surface area contributed by atoms with Crippen LogP contribution in [0.15, 0.2) is 53.2 Å². The van der Waals surface area contributed by atoms with E-state index in [2.05, 4.69) is 10.3 Å². The number of pyridine rings is 1. The Bertz CT molecular complexity index is 1550. The van der Waals surface area contributed by atoms with Crippen molar-refractivity contribution in [3.63, 3.8) is 0 Å². The molecule has 204 valence electrons. The number of ketones is 1. The van der Waals surface area contributed by atoms with Crippen LogP contribution >= 0.6 is 0 Å². The Morgan fingerprint density at radius 1 is 1.15 bits per heavy atom. The van der Waals surface area contributed by atoms with Gasteiger partial charge in [-0.15, -0.1) is 0 Å². The Hall–Kier alpha value is -3.57. The zero-order chi connectivity index (χ0) is 27.3. The molecule has 6 rings (SSSR count). The van der Waals surface area contributed by atoms with Crippen LogP contribution < -0.4 is 5.32 Å². The number of carbonyl (C=O) groups is 3. The number of amides is 2. The van der Waals surface area contributed by atoms with E-state index in [1.807, 2.05) is 18.2 Å². The van der Waals surface area contributed by atoms with Crippen molar-refractivity contribution in [3.05, 3.63) is 65.7 Å². The van der Waals surface area contributed by atoms with Gasteiger partial charge in [-0.25, -0.2) is 8.42 Å². The van der Waals surface area contributed by atoms with E-state index in [0.717, 1.165) is 18.2 Å². The zero-order valence-electron chi connectivity index (χ0n) is 21.6. The first-order valence-corrected chi connectivity index (χ1v) is 14.8. The number of likely N-dealkylation sites (tertiary alicyclic amines) is 1. The summed E-state index contributed by atoms with van der Waals surface area (Å²) in [6.07, 6.45) is 5.85. The Morgan fingerprint density at radius 3 is 2.67 bits per heavy atom. The normalized spacial score (nSPS) is 22.3. The smallest absolute Gasteiger partial charge is 0.287 e. The number of sulfonamides is 1. The van der Waals surface area contributed by atoms with Gasteiger partial charge in [0.25, 0.3) is 5.91 Å². The molecule has 1 aromatic carbocycles. The number of hydrogen-bond acceptors (Lipinski definition) is 7. The van der Waals surface area contributed by atoms with Gasteiger partial charge in [-0.3, -0.25) is 19.4 Å².